The molecule has 0 saturated heterocycles. The van der Waals surface area contributed by atoms with Gasteiger partial charge in [0.1, 0.15) is 11.8 Å². The fourth-order valence-corrected chi connectivity index (χ4v) is 3.07. The van der Waals surface area contributed by atoms with Crippen molar-refractivity contribution in [3.63, 3.8) is 0 Å². The molecule has 0 heterocycles. The minimum absolute atomic E-state index is 0.0952. The molecule has 0 aromatic heterocycles. The molecule has 0 spiro atoms. The maximum atomic E-state index is 13.0. The summed E-state index contributed by atoms with van der Waals surface area (Å²) in [5.74, 6) is 0.666. The maximum Gasteiger partial charge on any atom is 0.261 e. The summed E-state index contributed by atoms with van der Waals surface area (Å²) in [5.41, 5.74) is 2.34. The number of aryl methyl sites for hydroxylation is 1. The van der Waals surface area contributed by atoms with Gasteiger partial charge >= 0.3 is 0 Å². The lowest BCUT2D eigenvalue weighted by Crippen LogP contribution is -2.50. The number of benzene rings is 2. The molecule has 30 heavy (non-hydrogen) atoms. The summed E-state index contributed by atoms with van der Waals surface area (Å²) in [5, 5.41) is 2.93. The molecule has 0 fully saturated rings. The molecular weight excluding hydrogens is 376 g/mol. The molecule has 2 aromatic rings. The van der Waals surface area contributed by atoms with Crippen LogP contribution in [0, 0.1) is 5.92 Å². The molecule has 5 heteroatoms. The molecule has 0 saturated carbocycles. The number of hydrogen-bond acceptors (Lipinski definition) is 3. The van der Waals surface area contributed by atoms with Gasteiger partial charge in [-0.3, -0.25) is 9.59 Å². The standard InChI is InChI=1S/C25H34N2O3/c1-5-21-11-13-23(14-12-21)30-18-24(28)27(16-15-22-9-7-6-8-10-22)20(4)25(29)26-17-19(2)3/h6-14,19-20H,5,15-18H2,1-4H3,(H,26,29)/t20-/m1/s1. The number of rotatable bonds is 11. The Hall–Kier alpha value is -2.82. The Morgan fingerprint density at radius 1 is 0.967 bits per heavy atom. The van der Waals surface area contributed by atoms with Crippen LogP contribution in [0.25, 0.3) is 0 Å². The lowest BCUT2D eigenvalue weighted by Gasteiger charge is -2.29. The van der Waals surface area contributed by atoms with Crippen LogP contribution in [0.15, 0.2) is 54.6 Å². The van der Waals surface area contributed by atoms with E-state index in [4.69, 9.17) is 4.74 Å². The van der Waals surface area contributed by atoms with Gasteiger partial charge in [0, 0.05) is 13.1 Å². The Bertz CT molecular complexity index is 788. The molecule has 0 aliphatic rings. The first-order valence-corrected chi connectivity index (χ1v) is 10.7. The van der Waals surface area contributed by atoms with Crippen LogP contribution in [0.1, 0.15) is 38.8 Å². The Balaban J connectivity index is 2.03. The van der Waals surface area contributed by atoms with Crippen LogP contribution in [0.3, 0.4) is 0 Å². The SMILES string of the molecule is CCc1ccc(OCC(=O)N(CCc2ccccc2)[C@H](C)C(=O)NCC(C)C)cc1. The molecule has 0 radical (unpaired) electrons. The molecule has 162 valence electrons. The molecular formula is C25H34N2O3. The average Bonchev–Trinajstić information content (AvgIpc) is 2.77. The molecule has 0 aliphatic heterocycles. The van der Waals surface area contributed by atoms with Crippen molar-refractivity contribution < 1.29 is 14.3 Å². The van der Waals surface area contributed by atoms with E-state index in [1.165, 1.54) is 5.56 Å². The van der Waals surface area contributed by atoms with Crippen LogP contribution in [0.5, 0.6) is 5.75 Å². The number of nitrogens with one attached hydrogen (secondary N) is 1. The predicted molar refractivity (Wildman–Crippen MR) is 120 cm³/mol. The number of hydrogen-bond donors (Lipinski definition) is 1. The van der Waals surface area contributed by atoms with Crippen LogP contribution in [0.4, 0.5) is 0 Å². The van der Waals surface area contributed by atoms with Gasteiger partial charge in [-0.25, -0.2) is 0 Å². The molecule has 0 bridgehead atoms. The van der Waals surface area contributed by atoms with Crippen molar-refractivity contribution in [3.05, 3.63) is 65.7 Å². The number of ether oxygens (including phenoxy) is 1. The van der Waals surface area contributed by atoms with E-state index >= 15 is 0 Å². The summed E-state index contributed by atoms with van der Waals surface area (Å²) in [4.78, 5) is 27.2. The number of carbonyl (C=O) groups excluding carboxylic acids is 2. The van der Waals surface area contributed by atoms with Crippen molar-refractivity contribution in [3.8, 4) is 5.75 Å². The average molecular weight is 411 g/mol. The minimum atomic E-state index is -0.564. The Labute approximate surface area is 180 Å². The normalized spacial score (nSPS) is 11.8. The summed E-state index contributed by atoms with van der Waals surface area (Å²) >= 11 is 0. The highest BCUT2D eigenvalue weighted by Gasteiger charge is 2.26. The van der Waals surface area contributed by atoms with Crippen LogP contribution >= 0.6 is 0 Å². The van der Waals surface area contributed by atoms with Crippen molar-refractivity contribution in [2.45, 2.75) is 46.6 Å². The first kappa shape index (κ1) is 23.5. The van der Waals surface area contributed by atoms with E-state index in [1.54, 1.807) is 11.8 Å². The molecule has 1 N–H and O–H groups in total. The van der Waals surface area contributed by atoms with Crippen molar-refractivity contribution in [2.24, 2.45) is 5.92 Å². The van der Waals surface area contributed by atoms with Crippen molar-refractivity contribution >= 4 is 11.8 Å². The van der Waals surface area contributed by atoms with Crippen LogP contribution in [0.2, 0.25) is 0 Å². The highest BCUT2D eigenvalue weighted by atomic mass is 16.5. The minimum Gasteiger partial charge on any atom is -0.484 e. The highest BCUT2D eigenvalue weighted by Crippen LogP contribution is 2.13. The van der Waals surface area contributed by atoms with Gasteiger partial charge in [-0.2, -0.15) is 0 Å². The van der Waals surface area contributed by atoms with Crippen LogP contribution < -0.4 is 10.1 Å². The van der Waals surface area contributed by atoms with Crippen molar-refractivity contribution in [1.82, 2.24) is 10.2 Å². The van der Waals surface area contributed by atoms with E-state index in [1.807, 2.05) is 68.4 Å². The number of amides is 2. The van der Waals surface area contributed by atoms with Crippen molar-refractivity contribution in [2.75, 3.05) is 19.7 Å². The molecule has 2 amide bonds. The molecule has 5 nitrogen and oxygen atoms in total. The Kier molecular flexibility index (Phi) is 9.39. The zero-order valence-corrected chi connectivity index (χ0v) is 18.6. The third kappa shape index (κ3) is 7.54. The van der Waals surface area contributed by atoms with Gasteiger partial charge < -0.3 is 15.0 Å². The van der Waals surface area contributed by atoms with Gasteiger partial charge in [0.2, 0.25) is 5.91 Å². The first-order chi connectivity index (χ1) is 14.4. The topological polar surface area (TPSA) is 58.6 Å². The molecule has 0 unspecified atom stereocenters. The lowest BCUT2D eigenvalue weighted by atomic mass is 10.1. The van der Waals surface area contributed by atoms with Gasteiger partial charge in [0.25, 0.3) is 5.91 Å². The fourth-order valence-electron chi connectivity index (χ4n) is 3.07. The second-order valence-corrected chi connectivity index (χ2v) is 7.92. The van der Waals surface area contributed by atoms with Gasteiger partial charge in [-0.1, -0.05) is 63.2 Å². The smallest absolute Gasteiger partial charge is 0.261 e. The van der Waals surface area contributed by atoms with E-state index in [0.717, 1.165) is 12.0 Å². The third-order valence-corrected chi connectivity index (χ3v) is 5.03. The summed E-state index contributed by atoms with van der Waals surface area (Å²) in [7, 11) is 0. The predicted octanol–water partition coefficient (Wildman–Crippen LogP) is 3.86. The maximum absolute atomic E-state index is 13.0. The summed E-state index contributed by atoms with van der Waals surface area (Å²) < 4.78 is 5.71. The Morgan fingerprint density at radius 2 is 1.63 bits per heavy atom. The van der Waals surface area contributed by atoms with Crippen LogP contribution in [-0.4, -0.2) is 42.5 Å². The lowest BCUT2D eigenvalue weighted by molar-refractivity contribution is -0.141. The van der Waals surface area contributed by atoms with Gasteiger partial charge in [-0.15, -0.1) is 0 Å². The molecule has 1 atom stereocenters. The zero-order valence-electron chi connectivity index (χ0n) is 18.6. The Morgan fingerprint density at radius 3 is 2.23 bits per heavy atom. The zero-order chi connectivity index (χ0) is 21.9. The van der Waals surface area contributed by atoms with Gasteiger partial charge in [0.05, 0.1) is 0 Å². The van der Waals surface area contributed by atoms with E-state index in [0.29, 0.717) is 31.2 Å². The van der Waals surface area contributed by atoms with E-state index in [9.17, 15) is 9.59 Å². The highest BCUT2D eigenvalue weighted by molar-refractivity contribution is 5.88. The third-order valence-electron chi connectivity index (χ3n) is 5.03. The number of carbonyl (C=O) groups is 2. The van der Waals surface area contributed by atoms with Gasteiger partial charge in [0.15, 0.2) is 6.61 Å². The molecule has 2 rings (SSSR count). The van der Waals surface area contributed by atoms with Gasteiger partial charge in [-0.05, 0) is 48.9 Å². The first-order valence-electron chi connectivity index (χ1n) is 10.7. The van der Waals surface area contributed by atoms with E-state index < -0.39 is 6.04 Å². The second-order valence-electron chi connectivity index (χ2n) is 7.92. The van der Waals surface area contributed by atoms with E-state index in [2.05, 4.69) is 12.2 Å². The monoisotopic (exact) mass is 410 g/mol. The fraction of sp³-hybridized carbons (Fsp3) is 0.440. The summed E-state index contributed by atoms with van der Waals surface area (Å²) in [6.45, 7) is 8.90. The molecule has 2 aromatic carbocycles. The summed E-state index contributed by atoms with van der Waals surface area (Å²) in [6.07, 6.45) is 1.63. The van der Waals surface area contributed by atoms with Crippen molar-refractivity contribution in [1.29, 1.82) is 0 Å². The van der Waals surface area contributed by atoms with Crippen LogP contribution in [-0.2, 0) is 22.4 Å². The summed E-state index contributed by atoms with van der Waals surface area (Å²) in [6, 6.07) is 17.1. The largest absolute Gasteiger partial charge is 0.484 e. The van der Waals surface area contributed by atoms with E-state index in [-0.39, 0.29) is 18.4 Å². The second kappa shape index (κ2) is 12.0. The molecule has 0 aliphatic carbocycles. The quantitative estimate of drug-likeness (QED) is 0.612. The number of nitrogens with zero attached hydrogens (tertiary/aromatic N) is 1.